The molecule has 0 saturated carbocycles. The molecule has 1 aliphatic rings. The van der Waals surface area contributed by atoms with Gasteiger partial charge in [-0.1, -0.05) is 13.3 Å². The first kappa shape index (κ1) is 13.8. The first-order valence-electron chi connectivity index (χ1n) is 5.65. The largest absolute Gasteiger partial charge is 0.394 e. The molecule has 0 amide bonds. The number of ether oxygens (including phenoxy) is 1. The Morgan fingerprint density at radius 1 is 1.31 bits per heavy atom. The van der Waals surface area contributed by atoms with Crippen molar-refractivity contribution >= 4 is 0 Å². The Kier molecular flexibility index (Phi) is 5.60. The van der Waals surface area contributed by atoms with Crippen molar-refractivity contribution in [3.8, 4) is 0 Å². The Hall–Kier alpha value is -0.240. The predicted molar refractivity (Wildman–Crippen MR) is 56.7 cm³/mol. The van der Waals surface area contributed by atoms with Gasteiger partial charge in [0.25, 0.3) is 0 Å². The molecule has 0 aliphatic carbocycles. The highest BCUT2D eigenvalue weighted by Crippen LogP contribution is 2.22. The molecular formula is C10H21NO5. The number of unbranched alkanes of at least 4 members (excludes halogenated alkanes) is 1. The van der Waals surface area contributed by atoms with E-state index in [1.807, 2.05) is 6.92 Å². The summed E-state index contributed by atoms with van der Waals surface area (Å²) in [5, 5.41) is 40.4. The van der Waals surface area contributed by atoms with Gasteiger partial charge in [0.15, 0.2) is 0 Å². The lowest BCUT2D eigenvalue weighted by atomic mass is 10.1. The average Bonchev–Trinajstić information content (AvgIpc) is 2.56. The van der Waals surface area contributed by atoms with E-state index < -0.39 is 30.6 Å². The number of rotatable bonds is 6. The van der Waals surface area contributed by atoms with Crippen molar-refractivity contribution in [3.05, 3.63) is 0 Å². The van der Waals surface area contributed by atoms with Gasteiger partial charge in [0.2, 0.25) is 0 Å². The molecule has 1 unspecified atom stereocenters. The van der Waals surface area contributed by atoms with Crippen LogP contribution in [-0.4, -0.2) is 64.2 Å². The Labute approximate surface area is 94.9 Å². The monoisotopic (exact) mass is 235 g/mol. The van der Waals surface area contributed by atoms with Gasteiger partial charge < -0.3 is 25.2 Å². The van der Waals surface area contributed by atoms with E-state index in [0.29, 0.717) is 6.54 Å². The van der Waals surface area contributed by atoms with Crippen LogP contribution in [0.2, 0.25) is 0 Å². The van der Waals surface area contributed by atoms with Gasteiger partial charge in [0.1, 0.15) is 30.6 Å². The summed E-state index contributed by atoms with van der Waals surface area (Å²) in [6.07, 6.45) is -3.19. The van der Waals surface area contributed by atoms with Gasteiger partial charge in [-0.05, 0) is 13.0 Å². The molecule has 0 aromatic carbocycles. The topological polar surface area (TPSA) is 102 Å². The predicted octanol–water partition coefficient (Wildman–Crippen LogP) is -1.82. The summed E-state index contributed by atoms with van der Waals surface area (Å²) < 4.78 is 5.17. The molecule has 0 aromatic heterocycles. The molecule has 0 aromatic rings. The highest BCUT2D eigenvalue weighted by Gasteiger charge is 2.45. The molecule has 0 spiro atoms. The van der Waals surface area contributed by atoms with Gasteiger partial charge >= 0.3 is 0 Å². The number of hydrogen-bond donors (Lipinski definition) is 5. The molecule has 1 aliphatic heterocycles. The van der Waals surface area contributed by atoms with E-state index in [0.717, 1.165) is 12.8 Å². The Bertz CT molecular complexity index is 204. The summed E-state index contributed by atoms with van der Waals surface area (Å²) in [5.74, 6) is 0. The maximum absolute atomic E-state index is 9.69. The minimum atomic E-state index is -1.18. The molecule has 0 bridgehead atoms. The minimum absolute atomic E-state index is 0.379. The van der Waals surface area contributed by atoms with Crippen LogP contribution in [0.25, 0.3) is 0 Å². The average molecular weight is 235 g/mol. The quantitative estimate of drug-likeness (QED) is 0.274. The van der Waals surface area contributed by atoms with E-state index in [4.69, 9.17) is 9.84 Å². The van der Waals surface area contributed by atoms with Crippen molar-refractivity contribution in [1.29, 1.82) is 0 Å². The second-order valence-corrected chi connectivity index (χ2v) is 4.06. The Morgan fingerprint density at radius 2 is 2.00 bits per heavy atom. The number of aliphatic hydroxyl groups excluding tert-OH is 4. The van der Waals surface area contributed by atoms with Crippen LogP contribution in [0.1, 0.15) is 19.8 Å². The molecule has 6 nitrogen and oxygen atoms in total. The minimum Gasteiger partial charge on any atom is -0.394 e. The van der Waals surface area contributed by atoms with Crippen LogP contribution < -0.4 is 5.32 Å². The molecule has 1 saturated heterocycles. The van der Waals surface area contributed by atoms with Crippen LogP contribution in [0.3, 0.4) is 0 Å². The fourth-order valence-electron chi connectivity index (χ4n) is 1.73. The van der Waals surface area contributed by atoms with E-state index in [1.165, 1.54) is 0 Å². The number of nitrogens with one attached hydrogen (secondary N) is 1. The van der Waals surface area contributed by atoms with E-state index in [9.17, 15) is 15.3 Å². The number of hydrogen-bond acceptors (Lipinski definition) is 6. The van der Waals surface area contributed by atoms with Gasteiger partial charge in [-0.15, -0.1) is 0 Å². The molecule has 1 rings (SSSR count). The van der Waals surface area contributed by atoms with Crippen LogP contribution in [0.4, 0.5) is 0 Å². The molecule has 16 heavy (non-hydrogen) atoms. The fourth-order valence-corrected chi connectivity index (χ4v) is 1.73. The summed E-state index contributed by atoms with van der Waals surface area (Å²) in [7, 11) is 0. The molecule has 5 N–H and O–H groups in total. The highest BCUT2D eigenvalue weighted by molar-refractivity contribution is 4.92. The molecule has 1 heterocycles. The van der Waals surface area contributed by atoms with Gasteiger partial charge in [-0.2, -0.15) is 0 Å². The van der Waals surface area contributed by atoms with Crippen molar-refractivity contribution < 1.29 is 25.2 Å². The molecular weight excluding hydrogens is 214 g/mol. The second kappa shape index (κ2) is 6.48. The molecule has 6 heteroatoms. The molecule has 96 valence electrons. The molecule has 0 radical (unpaired) electrons. The SMILES string of the molecule is CCCCNC(O)[C@H]1O[C@H](CO)[C@@H](O)[C@@H]1O. The van der Waals surface area contributed by atoms with Crippen LogP contribution in [0.15, 0.2) is 0 Å². The van der Waals surface area contributed by atoms with Crippen LogP contribution >= 0.6 is 0 Å². The highest BCUT2D eigenvalue weighted by atomic mass is 16.6. The van der Waals surface area contributed by atoms with Crippen LogP contribution in [0.5, 0.6) is 0 Å². The Morgan fingerprint density at radius 3 is 2.50 bits per heavy atom. The normalized spacial score (nSPS) is 36.6. The van der Waals surface area contributed by atoms with Crippen molar-refractivity contribution in [2.24, 2.45) is 0 Å². The summed E-state index contributed by atoms with van der Waals surface area (Å²) in [6, 6.07) is 0. The maximum atomic E-state index is 9.69. The molecule has 1 fully saturated rings. The zero-order valence-corrected chi connectivity index (χ0v) is 9.41. The first-order chi connectivity index (χ1) is 7.61. The Balaban J connectivity index is 2.41. The maximum Gasteiger partial charge on any atom is 0.134 e. The van der Waals surface area contributed by atoms with Crippen LogP contribution in [-0.2, 0) is 4.74 Å². The van der Waals surface area contributed by atoms with Crippen molar-refractivity contribution in [2.75, 3.05) is 13.2 Å². The third-order valence-electron chi connectivity index (χ3n) is 2.77. The van der Waals surface area contributed by atoms with Crippen molar-refractivity contribution in [1.82, 2.24) is 5.32 Å². The van der Waals surface area contributed by atoms with E-state index in [1.54, 1.807) is 0 Å². The third-order valence-corrected chi connectivity index (χ3v) is 2.77. The van der Waals surface area contributed by atoms with E-state index in [-0.39, 0.29) is 6.61 Å². The lowest BCUT2D eigenvalue weighted by molar-refractivity contribution is -0.0849. The first-order valence-corrected chi connectivity index (χ1v) is 5.65. The smallest absolute Gasteiger partial charge is 0.134 e. The van der Waals surface area contributed by atoms with Gasteiger partial charge in [-0.3, -0.25) is 5.32 Å². The van der Waals surface area contributed by atoms with Crippen LogP contribution in [0, 0.1) is 0 Å². The second-order valence-electron chi connectivity index (χ2n) is 4.06. The third kappa shape index (κ3) is 3.13. The standard InChI is InChI=1S/C10H21NO5/c1-2-3-4-11-10(15)9-8(14)7(13)6(5-12)16-9/h6-15H,2-5H2,1H3/t6-,7-,8+,9+,10?/m1/s1. The summed E-state index contributed by atoms with van der Waals surface area (Å²) in [4.78, 5) is 0. The van der Waals surface area contributed by atoms with E-state index in [2.05, 4.69) is 5.32 Å². The molecule has 5 atom stereocenters. The zero-order valence-electron chi connectivity index (χ0n) is 9.41. The summed E-state index contributed by atoms with van der Waals surface area (Å²) in [5.41, 5.74) is 0. The van der Waals surface area contributed by atoms with Gasteiger partial charge in [-0.25, -0.2) is 0 Å². The van der Waals surface area contributed by atoms with Gasteiger partial charge in [0, 0.05) is 0 Å². The summed E-state index contributed by atoms with van der Waals surface area (Å²) >= 11 is 0. The zero-order chi connectivity index (χ0) is 12.1. The number of aliphatic hydroxyl groups is 4. The van der Waals surface area contributed by atoms with Crippen molar-refractivity contribution in [2.45, 2.75) is 50.4 Å². The van der Waals surface area contributed by atoms with Crippen molar-refractivity contribution in [3.63, 3.8) is 0 Å². The lowest BCUT2D eigenvalue weighted by Gasteiger charge is -2.22. The van der Waals surface area contributed by atoms with Gasteiger partial charge in [0.05, 0.1) is 6.61 Å². The lowest BCUT2D eigenvalue weighted by Crippen LogP contribution is -2.46. The fraction of sp³-hybridized carbons (Fsp3) is 1.00. The van der Waals surface area contributed by atoms with E-state index >= 15 is 0 Å². The summed E-state index contributed by atoms with van der Waals surface area (Å²) in [6.45, 7) is 2.26.